The molecule has 6 aromatic carbocycles. The summed E-state index contributed by atoms with van der Waals surface area (Å²) in [5.41, 5.74) is 6.59. The average molecular weight is 709 g/mol. The highest BCUT2D eigenvalue weighted by Crippen LogP contribution is 2.50. The van der Waals surface area contributed by atoms with Crippen LogP contribution >= 0.6 is 0 Å². The van der Waals surface area contributed by atoms with Gasteiger partial charge in [0.05, 0.1) is 0 Å². The van der Waals surface area contributed by atoms with E-state index in [-0.39, 0.29) is 23.1 Å². The van der Waals surface area contributed by atoms with E-state index in [1.54, 1.807) is 24.3 Å². The summed E-state index contributed by atoms with van der Waals surface area (Å²) in [7, 11) is 7.34. The van der Waals surface area contributed by atoms with Crippen LogP contribution in [0.25, 0.3) is 22.3 Å². The van der Waals surface area contributed by atoms with Crippen LogP contribution in [0.1, 0.15) is 41.4 Å². The van der Waals surface area contributed by atoms with Gasteiger partial charge in [-0.25, -0.2) is 0 Å². The van der Waals surface area contributed by atoms with Gasteiger partial charge in [-0.1, -0.05) is 121 Å². The van der Waals surface area contributed by atoms with Crippen LogP contribution in [0, 0.1) is 0 Å². The van der Waals surface area contributed by atoms with Gasteiger partial charge in [0.1, 0.15) is 0 Å². The molecule has 8 nitrogen and oxygen atoms in total. The number of carbonyl (C=O) groups excluding carboxylic acids is 4. The van der Waals surface area contributed by atoms with Crippen molar-refractivity contribution in [2.24, 2.45) is 0 Å². The Morgan fingerprint density at radius 1 is 0.278 bits per heavy atom. The second kappa shape index (κ2) is 11.9. The lowest BCUT2D eigenvalue weighted by molar-refractivity contribution is 0.0782. The number of rotatable bonds is 0. The molecule has 0 unspecified atom stereocenters. The van der Waals surface area contributed by atoms with Crippen LogP contribution in [-0.4, -0.2) is 62.6 Å². The van der Waals surface area contributed by atoms with E-state index in [0.717, 1.165) is 45.0 Å². The molecule has 0 saturated carbocycles. The van der Waals surface area contributed by atoms with Crippen molar-refractivity contribution in [3.05, 3.63) is 168 Å². The molecule has 0 radical (unpaired) electrons. The van der Waals surface area contributed by atoms with Gasteiger partial charge in [0.15, 0.2) is 0 Å². The third-order valence-electron chi connectivity index (χ3n) is 11.7. The van der Waals surface area contributed by atoms with Crippen LogP contribution in [0.2, 0.25) is 0 Å². The molecule has 0 saturated heterocycles. The smallest absolute Gasteiger partial charge is 0.242 e. The van der Waals surface area contributed by atoms with Crippen molar-refractivity contribution in [1.82, 2.24) is 0 Å². The Balaban J connectivity index is 0.000000142. The quantitative estimate of drug-likeness (QED) is 0.147. The molecule has 0 N–H and O–H groups in total. The zero-order chi connectivity index (χ0) is 37.5. The van der Waals surface area contributed by atoms with E-state index in [2.05, 4.69) is 0 Å². The number of anilines is 4. The second-order valence-corrected chi connectivity index (χ2v) is 14.1. The summed E-state index contributed by atoms with van der Waals surface area (Å²) in [6, 6.07) is 45.9. The van der Waals surface area contributed by atoms with E-state index < -0.39 is 11.3 Å². The number of Topliss-reactive ketones (excluding diaryl/α,β-unsaturated/α-hetero) is 4. The first-order valence-corrected chi connectivity index (χ1v) is 17.9. The van der Waals surface area contributed by atoms with E-state index in [1.165, 1.54) is 0 Å². The Morgan fingerprint density at radius 3 is 0.648 bits per heavy atom. The number of hydrogen-bond donors (Lipinski definition) is 0. The molecule has 2 aliphatic carbocycles. The van der Waals surface area contributed by atoms with E-state index in [9.17, 15) is 19.2 Å². The first-order chi connectivity index (χ1) is 26.2. The molecule has 0 bridgehead atoms. The predicted molar refractivity (Wildman–Crippen MR) is 213 cm³/mol. The fraction of sp³-hybridized carbons (Fsp3) is 0.130. The van der Waals surface area contributed by atoms with Gasteiger partial charge in [-0.3, -0.25) is 19.2 Å². The third-order valence-corrected chi connectivity index (χ3v) is 11.7. The highest BCUT2D eigenvalue weighted by molar-refractivity contribution is 6.37. The molecule has 10 rings (SSSR count). The number of ketones is 4. The lowest BCUT2D eigenvalue weighted by Gasteiger charge is -2.43. The van der Waals surface area contributed by atoms with Gasteiger partial charge >= 0.3 is 0 Å². The molecule has 0 amide bonds. The summed E-state index contributed by atoms with van der Waals surface area (Å²) < 4.78 is 0. The van der Waals surface area contributed by atoms with Gasteiger partial charge in [0.2, 0.25) is 34.5 Å². The standard InChI is InChI=1S/2C23H18N2O2/c2*1-24-19-13-7-5-9-15(19)16-10-6-8-14-20(16)25(2)23(24)21(26)17-11-3-4-12-18(17)22(23)27/h2*3-14H,1-2H3. The highest BCUT2D eigenvalue weighted by Gasteiger charge is 2.62. The number of para-hydroxylation sites is 4. The van der Waals surface area contributed by atoms with Crippen molar-refractivity contribution < 1.29 is 19.2 Å². The van der Waals surface area contributed by atoms with Crippen molar-refractivity contribution in [3.63, 3.8) is 0 Å². The minimum absolute atomic E-state index is 0.181. The third kappa shape index (κ3) is 4.08. The molecule has 2 spiro atoms. The minimum atomic E-state index is -1.42. The maximum Gasteiger partial charge on any atom is 0.242 e. The Morgan fingerprint density at radius 2 is 0.444 bits per heavy atom. The van der Waals surface area contributed by atoms with Gasteiger partial charge in [0.25, 0.3) is 0 Å². The fourth-order valence-electron chi connectivity index (χ4n) is 9.06. The van der Waals surface area contributed by atoms with E-state index >= 15 is 0 Å². The first kappa shape index (κ1) is 33.1. The molecular formula is C46H36N4O4. The molecule has 6 aromatic rings. The molecule has 2 heterocycles. The number of carbonyl (C=O) groups is 4. The molecule has 0 fully saturated rings. The SMILES string of the molecule is CN1c2ccccc2-c2ccccc2N(C)C12C(=O)c1ccccc1C2=O.CN1c2ccccc2-c2ccccc2N(C)C12C(=O)c1ccccc1C2=O. The van der Waals surface area contributed by atoms with Crippen molar-refractivity contribution in [1.29, 1.82) is 0 Å². The normalized spacial score (nSPS) is 16.8. The Bertz CT molecular complexity index is 2240. The molecule has 264 valence electrons. The Kier molecular flexibility index (Phi) is 7.26. The maximum absolute atomic E-state index is 13.7. The zero-order valence-corrected chi connectivity index (χ0v) is 30.3. The minimum Gasteiger partial charge on any atom is -0.338 e. The van der Waals surface area contributed by atoms with E-state index in [1.807, 2.05) is 169 Å². The maximum atomic E-state index is 13.7. The van der Waals surface area contributed by atoms with Crippen LogP contribution in [0.5, 0.6) is 0 Å². The summed E-state index contributed by atoms with van der Waals surface area (Å²) >= 11 is 0. The van der Waals surface area contributed by atoms with Gasteiger partial charge in [-0.15, -0.1) is 0 Å². The summed E-state index contributed by atoms with van der Waals surface area (Å²) in [5.74, 6) is -0.724. The van der Waals surface area contributed by atoms with Gasteiger partial charge in [-0.2, -0.15) is 0 Å². The van der Waals surface area contributed by atoms with Crippen LogP contribution in [0.4, 0.5) is 22.7 Å². The fourth-order valence-corrected chi connectivity index (χ4v) is 9.06. The average Bonchev–Trinajstić information content (AvgIpc) is 3.52. The number of fused-ring (bicyclic) bond motifs is 8. The van der Waals surface area contributed by atoms with Crippen LogP contribution in [-0.2, 0) is 0 Å². The molecule has 4 aliphatic rings. The molecule has 8 heteroatoms. The van der Waals surface area contributed by atoms with Crippen molar-refractivity contribution in [2.75, 3.05) is 47.8 Å². The number of hydrogen-bond acceptors (Lipinski definition) is 8. The number of likely N-dealkylation sites (N-methyl/N-ethyl adjacent to an activating group) is 4. The Labute approximate surface area is 313 Å². The van der Waals surface area contributed by atoms with Crippen molar-refractivity contribution in [2.45, 2.75) is 11.3 Å². The summed E-state index contributed by atoms with van der Waals surface area (Å²) in [4.78, 5) is 62.1. The number of nitrogens with zero attached hydrogens (tertiary/aromatic N) is 4. The molecule has 0 atom stereocenters. The lowest BCUT2D eigenvalue weighted by Crippen LogP contribution is -2.66. The monoisotopic (exact) mass is 708 g/mol. The number of benzene rings is 6. The van der Waals surface area contributed by atoms with Crippen molar-refractivity contribution in [3.8, 4) is 22.3 Å². The molecule has 2 aliphatic heterocycles. The van der Waals surface area contributed by atoms with Crippen LogP contribution in [0.3, 0.4) is 0 Å². The van der Waals surface area contributed by atoms with E-state index in [0.29, 0.717) is 22.3 Å². The summed E-state index contributed by atoms with van der Waals surface area (Å²) in [5, 5.41) is 0. The zero-order valence-electron chi connectivity index (χ0n) is 30.3. The van der Waals surface area contributed by atoms with Crippen LogP contribution in [0.15, 0.2) is 146 Å². The highest BCUT2D eigenvalue weighted by atomic mass is 16.2. The van der Waals surface area contributed by atoms with E-state index in [4.69, 9.17) is 0 Å². The van der Waals surface area contributed by atoms with Crippen LogP contribution < -0.4 is 19.6 Å². The lowest BCUT2D eigenvalue weighted by atomic mass is 9.99. The molecule has 0 aromatic heterocycles. The molecule has 54 heavy (non-hydrogen) atoms. The topological polar surface area (TPSA) is 81.2 Å². The predicted octanol–water partition coefficient (Wildman–Crippen LogP) is 8.03. The second-order valence-electron chi connectivity index (χ2n) is 14.1. The Hall–Kier alpha value is -6.80. The van der Waals surface area contributed by atoms with Crippen molar-refractivity contribution >= 4 is 45.9 Å². The van der Waals surface area contributed by atoms with Gasteiger partial charge in [0, 0.05) is 95.4 Å². The van der Waals surface area contributed by atoms with Gasteiger partial charge in [-0.05, 0) is 24.3 Å². The summed E-state index contributed by atoms with van der Waals surface area (Å²) in [6.07, 6.45) is 0. The largest absolute Gasteiger partial charge is 0.338 e. The first-order valence-electron chi connectivity index (χ1n) is 17.9. The van der Waals surface area contributed by atoms with Gasteiger partial charge < -0.3 is 19.6 Å². The molecular weight excluding hydrogens is 673 g/mol. The summed E-state index contributed by atoms with van der Waals surface area (Å²) in [6.45, 7) is 0.